The van der Waals surface area contributed by atoms with Crippen LogP contribution in [0, 0.1) is 0 Å². The molecule has 4 nitrogen and oxygen atoms in total. The molecule has 104 valence electrons. The summed E-state index contributed by atoms with van der Waals surface area (Å²) in [4.78, 5) is 12.3. The van der Waals surface area contributed by atoms with Crippen LogP contribution < -0.4 is 11.1 Å². The zero-order valence-electron chi connectivity index (χ0n) is 10.9. The number of amides is 1. The second-order valence-electron chi connectivity index (χ2n) is 4.95. The van der Waals surface area contributed by atoms with Gasteiger partial charge in [0.1, 0.15) is 5.76 Å². The van der Waals surface area contributed by atoms with Gasteiger partial charge in [0.2, 0.25) is 0 Å². The van der Waals surface area contributed by atoms with E-state index in [1.54, 1.807) is 18.4 Å². The minimum atomic E-state index is -0.144. The number of nitrogen functional groups attached to an aromatic ring is 1. The molecule has 20 heavy (non-hydrogen) atoms. The van der Waals surface area contributed by atoms with Crippen LogP contribution in [0.3, 0.4) is 0 Å². The number of nitrogens with two attached hydrogens (primary N) is 1. The van der Waals surface area contributed by atoms with Gasteiger partial charge >= 0.3 is 0 Å². The molecule has 3 rings (SSSR count). The van der Waals surface area contributed by atoms with Crippen LogP contribution in [0.1, 0.15) is 40.6 Å². The van der Waals surface area contributed by atoms with Crippen molar-refractivity contribution in [2.45, 2.75) is 25.3 Å². The summed E-state index contributed by atoms with van der Waals surface area (Å²) < 4.78 is 6.29. The second-order valence-corrected chi connectivity index (χ2v) is 5.86. The van der Waals surface area contributed by atoms with Crippen LogP contribution in [-0.4, -0.2) is 5.91 Å². The van der Waals surface area contributed by atoms with Gasteiger partial charge in [-0.05, 0) is 37.1 Å². The first-order valence-electron chi connectivity index (χ1n) is 6.57. The van der Waals surface area contributed by atoms with E-state index in [9.17, 15) is 4.79 Å². The zero-order chi connectivity index (χ0) is 14.1. The highest BCUT2D eigenvalue weighted by Gasteiger charge is 2.24. The summed E-state index contributed by atoms with van der Waals surface area (Å²) in [6.45, 7) is 0. The number of halogens is 1. The van der Waals surface area contributed by atoms with E-state index in [2.05, 4.69) is 21.2 Å². The molecule has 2 aromatic rings. The van der Waals surface area contributed by atoms with E-state index >= 15 is 0 Å². The number of carbonyl (C=O) groups is 1. The first kappa shape index (κ1) is 13.2. The van der Waals surface area contributed by atoms with E-state index in [-0.39, 0.29) is 11.9 Å². The topological polar surface area (TPSA) is 68.3 Å². The molecule has 1 amide bonds. The highest BCUT2D eigenvalue weighted by molar-refractivity contribution is 9.10. The lowest BCUT2D eigenvalue weighted by molar-refractivity contribution is 0.0933. The molecule has 5 heteroatoms. The molecule has 0 aliphatic heterocycles. The fourth-order valence-electron chi connectivity index (χ4n) is 2.61. The standard InChI is InChI=1S/C15H15BrN2O2/c16-9-4-5-10(12(17)8-9)15(19)18-13-2-1-3-14-11(13)6-7-20-14/h4-8,13H,1-3,17H2,(H,18,19). The van der Waals surface area contributed by atoms with Crippen molar-refractivity contribution in [2.75, 3.05) is 5.73 Å². The summed E-state index contributed by atoms with van der Waals surface area (Å²) >= 11 is 3.34. The Hall–Kier alpha value is -1.75. The Morgan fingerprint density at radius 2 is 2.25 bits per heavy atom. The molecule has 1 aliphatic rings. The summed E-state index contributed by atoms with van der Waals surface area (Å²) in [5.74, 6) is 0.833. The SMILES string of the molecule is Nc1cc(Br)ccc1C(=O)NC1CCCc2occc21. The molecule has 3 N–H and O–H groups in total. The number of fused-ring (bicyclic) bond motifs is 1. The monoisotopic (exact) mass is 334 g/mol. The Bertz CT molecular complexity index is 651. The van der Waals surface area contributed by atoms with E-state index in [0.29, 0.717) is 11.3 Å². The maximum Gasteiger partial charge on any atom is 0.253 e. The second kappa shape index (κ2) is 5.32. The van der Waals surface area contributed by atoms with Gasteiger partial charge in [0.15, 0.2) is 0 Å². The van der Waals surface area contributed by atoms with Crippen LogP contribution in [0.2, 0.25) is 0 Å². The highest BCUT2D eigenvalue weighted by atomic mass is 79.9. The van der Waals surface area contributed by atoms with Crippen molar-refractivity contribution in [3.63, 3.8) is 0 Å². The predicted molar refractivity (Wildman–Crippen MR) is 80.4 cm³/mol. The molecule has 0 saturated heterocycles. The fraction of sp³-hybridized carbons (Fsp3) is 0.267. The highest BCUT2D eigenvalue weighted by Crippen LogP contribution is 2.31. The van der Waals surface area contributed by atoms with Gasteiger partial charge in [0.25, 0.3) is 5.91 Å². The summed E-state index contributed by atoms with van der Waals surface area (Å²) in [5.41, 5.74) is 7.95. The smallest absolute Gasteiger partial charge is 0.253 e. The van der Waals surface area contributed by atoms with Gasteiger partial charge in [-0.3, -0.25) is 4.79 Å². The summed E-state index contributed by atoms with van der Waals surface area (Å²) in [5, 5.41) is 3.04. The van der Waals surface area contributed by atoms with Gasteiger partial charge < -0.3 is 15.5 Å². The minimum absolute atomic E-state index is 0.00745. The largest absolute Gasteiger partial charge is 0.469 e. The number of furan rings is 1. The van der Waals surface area contributed by atoms with Gasteiger partial charge in [-0.15, -0.1) is 0 Å². The number of carbonyl (C=O) groups excluding carboxylic acids is 1. The summed E-state index contributed by atoms with van der Waals surface area (Å²) in [6, 6.07) is 7.22. The van der Waals surface area contributed by atoms with Crippen LogP contribution in [0.15, 0.2) is 39.4 Å². The third-order valence-electron chi connectivity index (χ3n) is 3.62. The molecule has 0 radical (unpaired) electrons. The Morgan fingerprint density at radius 1 is 1.40 bits per heavy atom. The van der Waals surface area contributed by atoms with E-state index < -0.39 is 0 Å². The Morgan fingerprint density at radius 3 is 3.05 bits per heavy atom. The van der Waals surface area contributed by atoms with Crippen molar-refractivity contribution in [3.8, 4) is 0 Å². The van der Waals surface area contributed by atoms with Crippen LogP contribution in [0.25, 0.3) is 0 Å². The molecule has 1 aliphatic carbocycles. The third-order valence-corrected chi connectivity index (χ3v) is 4.11. The van der Waals surface area contributed by atoms with Crippen molar-refractivity contribution >= 4 is 27.5 Å². The predicted octanol–water partition coefficient (Wildman–Crippen LogP) is 3.43. The summed E-state index contributed by atoms with van der Waals surface area (Å²) in [7, 11) is 0. The average Bonchev–Trinajstić information content (AvgIpc) is 2.87. The molecule has 0 spiro atoms. The first-order chi connectivity index (χ1) is 9.65. The number of rotatable bonds is 2. The van der Waals surface area contributed by atoms with Crippen molar-refractivity contribution in [1.82, 2.24) is 5.32 Å². The van der Waals surface area contributed by atoms with Crippen LogP contribution >= 0.6 is 15.9 Å². The van der Waals surface area contributed by atoms with Crippen LogP contribution in [0.4, 0.5) is 5.69 Å². The molecule has 0 saturated carbocycles. The lowest BCUT2D eigenvalue weighted by Crippen LogP contribution is -2.31. The van der Waals surface area contributed by atoms with E-state index in [1.165, 1.54) is 0 Å². The van der Waals surface area contributed by atoms with E-state index in [1.807, 2.05) is 12.1 Å². The third kappa shape index (κ3) is 2.45. The van der Waals surface area contributed by atoms with Crippen molar-refractivity contribution in [1.29, 1.82) is 0 Å². The quantitative estimate of drug-likeness (QED) is 0.826. The molecule has 1 heterocycles. The number of nitrogens with one attached hydrogen (secondary N) is 1. The van der Waals surface area contributed by atoms with E-state index in [4.69, 9.17) is 10.2 Å². The average molecular weight is 335 g/mol. The Balaban J connectivity index is 1.81. The molecule has 1 atom stereocenters. The molecule has 1 unspecified atom stereocenters. The maximum absolute atomic E-state index is 12.3. The normalized spacial score (nSPS) is 17.6. The van der Waals surface area contributed by atoms with Gasteiger partial charge in [0.05, 0.1) is 17.9 Å². The van der Waals surface area contributed by atoms with Gasteiger partial charge in [-0.1, -0.05) is 15.9 Å². The zero-order valence-corrected chi connectivity index (χ0v) is 12.4. The number of hydrogen-bond acceptors (Lipinski definition) is 3. The minimum Gasteiger partial charge on any atom is -0.469 e. The molecular weight excluding hydrogens is 320 g/mol. The fourth-order valence-corrected chi connectivity index (χ4v) is 2.99. The molecular formula is C15H15BrN2O2. The molecule has 0 bridgehead atoms. The lowest BCUT2D eigenvalue weighted by atomic mass is 9.93. The van der Waals surface area contributed by atoms with Crippen molar-refractivity contribution < 1.29 is 9.21 Å². The number of aryl methyl sites for hydroxylation is 1. The van der Waals surface area contributed by atoms with Gasteiger partial charge in [-0.25, -0.2) is 0 Å². The number of anilines is 1. The Kier molecular flexibility index (Phi) is 3.53. The molecule has 1 aromatic heterocycles. The van der Waals surface area contributed by atoms with Gasteiger partial charge in [0, 0.05) is 22.1 Å². The van der Waals surface area contributed by atoms with E-state index in [0.717, 1.165) is 35.1 Å². The first-order valence-corrected chi connectivity index (χ1v) is 7.36. The molecule has 1 aromatic carbocycles. The van der Waals surface area contributed by atoms with Crippen LogP contribution in [0.5, 0.6) is 0 Å². The number of benzene rings is 1. The summed E-state index contributed by atoms with van der Waals surface area (Å²) in [6.07, 6.45) is 4.56. The Labute approximate surface area is 125 Å². The van der Waals surface area contributed by atoms with Crippen LogP contribution in [-0.2, 0) is 6.42 Å². The molecule has 0 fully saturated rings. The van der Waals surface area contributed by atoms with Crippen molar-refractivity contribution in [2.24, 2.45) is 0 Å². The van der Waals surface area contributed by atoms with Gasteiger partial charge in [-0.2, -0.15) is 0 Å². The van der Waals surface area contributed by atoms with Crippen molar-refractivity contribution in [3.05, 3.63) is 51.9 Å². The maximum atomic E-state index is 12.3. The lowest BCUT2D eigenvalue weighted by Gasteiger charge is -2.23. The number of hydrogen-bond donors (Lipinski definition) is 2.